The van der Waals surface area contributed by atoms with Crippen LogP contribution in [0.15, 0.2) is 10.9 Å². The van der Waals surface area contributed by atoms with Crippen LogP contribution in [0.4, 0.5) is 0 Å². The predicted molar refractivity (Wildman–Crippen MR) is 63.6 cm³/mol. The highest BCUT2D eigenvalue weighted by Crippen LogP contribution is 2.18. The second kappa shape index (κ2) is 5.80. The average molecular weight is 224 g/mol. The van der Waals surface area contributed by atoms with Gasteiger partial charge in [0.15, 0.2) is 0 Å². The molecule has 0 saturated carbocycles. The highest BCUT2D eigenvalue weighted by molar-refractivity contribution is 5.08. The maximum absolute atomic E-state index is 11.5. The molecule has 1 unspecified atom stereocenters. The van der Waals surface area contributed by atoms with Crippen molar-refractivity contribution in [3.8, 4) is 0 Å². The van der Waals surface area contributed by atoms with Crippen LogP contribution >= 0.6 is 0 Å². The van der Waals surface area contributed by atoms with Gasteiger partial charge in [0.2, 0.25) is 0 Å². The first-order chi connectivity index (χ1) is 7.58. The molecule has 0 amide bonds. The van der Waals surface area contributed by atoms with Crippen molar-refractivity contribution in [3.63, 3.8) is 0 Å². The molecule has 4 nitrogen and oxygen atoms in total. The summed E-state index contributed by atoms with van der Waals surface area (Å²) in [6.07, 6.45) is 0.689. The molecular weight excluding hydrogens is 204 g/mol. The van der Waals surface area contributed by atoms with Crippen LogP contribution in [0.25, 0.3) is 0 Å². The van der Waals surface area contributed by atoms with Crippen molar-refractivity contribution in [3.05, 3.63) is 27.9 Å². The fourth-order valence-corrected chi connectivity index (χ4v) is 1.54. The van der Waals surface area contributed by atoms with E-state index in [2.05, 4.69) is 9.97 Å². The van der Waals surface area contributed by atoms with E-state index in [0.29, 0.717) is 12.4 Å². The van der Waals surface area contributed by atoms with Gasteiger partial charge in [-0.05, 0) is 19.3 Å². The molecule has 1 aromatic rings. The highest BCUT2D eigenvalue weighted by atomic mass is 16.5. The molecule has 1 rings (SSSR count). The van der Waals surface area contributed by atoms with Gasteiger partial charge < -0.3 is 9.72 Å². The van der Waals surface area contributed by atoms with Crippen LogP contribution < -0.4 is 5.56 Å². The SMILES string of the molecule is CCOC(CC)c1nc(C(C)C)cc(=O)[nH]1. The molecule has 0 fully saturated rings. The van der Waals surface area contributed by atoms with Crippen LogP contribution in [0.1, 0.15) is 57.7 Å². The molecule has 90 valence electrons. The first kappa shape index (κ1) is 12.9. The lowest BCUT2D eigenvalue weighted by molar-refractivity contribution is 0.0531. The Hall–Kier alpha value is -1.16. The first-order valence-corrected chi connectivity index (χ1v) is 5.81. The van der Waals surface area contributed by atoms with E-state index in [1.54, 1.807) is 6.07 Å². The van der Waals surface area contributed by atoms with E-state index in [9.17, 15) is 4.79 Å². The quantitative estimate of drug-likeness (QED) is 0.835. The van der Waals surface area contributed by atoms with E-state index < -0.39 is 0 Å². The van der Waals surface area contributed by atoms with Gasteiger partial charge in [-0.25, -0.2) is 4.98 Å². The standard InChI is InChI=1S/C12H20N2O2/c1-5-10(16-6-2)12-13-9(8(3)4)7-11(15)14-12/h7-8,10H,5-6H2,1-4H3,(H,13,14,15). The first-order valence-electron chi connectivity index (χ1n) is 5.81. The van der Waals surface area contributed by atoms with Gasteiger partial charge in [-0.1, -0.05) is 20.8 Å². The fourth-order valence-electron chi connectivity index (χ4n) is 1.54. The van der Waals surface area contributed by atoms with Gasteiger partial charge >= 0.3 is 0 Å². The molecule has 0 aliphatic heterocycles. The van der Waals surface area contributed by atoms with Crippen LogP contribution in [-0.2, 0) is 4.74 Å². The number of rotatable bonds is 5. The zero-order valence-corrected chi connectivity index (χ0v) is 10.4. The van der Waals surface area contributed by atoms with E-state index in [4.69, 9.17) is 4.74 Å². The average Bonchev–Trinajstić information content (AvgIpc) is 2.24. The Morgan fingerprint density at radius 2 is 2.12 bits per heavy atom. The number of hydrogen-bond acceptors (Lipinski definition) is 3. The minimum Gasteiger partial charge on any atom is -0.371 e. The minimum absolute atomic E-state index is 0.105. The van der Waals surface area contributed by atoms with Gasteiger partial charge in [0.05, 0.1) is 5.69 Å². The Kier molecular flexibility index (Phi) is 4.68. The molecule has 1 atom stereocenters. The normalized spacial score (nSPS) is 13.1. The smallest absolute Gasteiger partial charge is 0.251 e. The van der Waals surface area contributed by atoms with Crippen molar-refractivity contribution in [1.82, 2.24) is 9.97 Å². The summed E-state index contributed by atoms with van der Waals surface area (Å²) in [4.78, 5) is 18.7. The Morgan fingerprint density at radius 3 is 2.62 bits per heavy atom. The number of nitrogens with one attached hydrogen (secondary N) is 1. The molecular formula is C12H20N2O2. The van der Waals surface area contributed by atoms with Gasteiger partial charge in [-0.15, -0.1) is 0 Å². The second-order valence-corrected chi connectivity index (χ2v) is 4.06. The summed E-state index contributed by atoms with van der Waals surface area (Å²) in [7, 11) is 0. The summed E-state index contributed by atoms with van der Waals surface area (Å²) in [6.45, 7) is 8.62. The molecule has 1 heterocycles. The third kappa shape index (κ3) is 3.17. The maximum atomic E-state index is 11.5. The Labute approximate surface area is 96.1 Å². The van der Waals surface area contributed by atoms with Gasteiger partial charge in [-0.2, -0.15) is 0 Å². The van der Waals surface area contributed by atoms with E-state index in [1.165, 1.54) is 0 Å². The van der Waals surface area contributed by atoms with Crippen LogP contribution in [0.3, 0.4) is 0 Å². The lowest BCUT2D eigenvalue weighted by atomic mass is 10.1. The molecule has 0 radical (unpaired) electrons. The molecule has 16 heavy (non-hydrogen) atoms. The number of nitrogens with zero attached hydrogens (tertiary/aromatic N) is 1. The molecule has 1 aromatic heterocycles. The van der Waals surface area contributed by atoms with Crippen molar-refractivity contribution >= 4 is 0 Å². The Morgan fingerprint density at radius 1 is 1.44 bits per heavy atom. The lowest BCUT2D eigenvalue weighted by Crippen LogP contribution is -2.17. The molecule has 4 heteroatoms. The monoisotopic (exact) mass is 224 g/mol. The predicted octanol–water partition coefficient (Wildman–Crippen LogP) is 2.38. The van der Waals surface area contributed by atoms with Crippen molar-refractivity contribution in [2.75, 3.05) is 6.61 Å². The van der Waals surface area contributed by atoms with E-state index in [0.717, 1.165) is 12.1 Å². The Balaban J connectivity index is 3.07. The second-order valence-electron chi connectivity index (χ2n) is 4.06. The zero-order chi connectivity index (χ0) is 12.1. The minimum atomic E-state index is -0.114. The third-order valence-corrected chi connectivity index (χ3v) is 2.41. The van der Waals surface area contributed by atoms with E-state index >= 15 is 0 Å². The van der Waals surface area contributed by atoms with Gasteiger partial charge in [0.25, 0.3) is 5.56 Å². The number of H-pyrrole nitrogens is 1. The summed E-state index contributed by atoms with van der Waals surface area (Å²) in [5.41, 5.74) is 0.712. The molecule has 0 aliphatic rings. The summed E-state index contributed by atoms with van der Waals surface area (Å²) < 4.78 is 5.53. The van der Waals surface area contributed by atoms with Gasteiger partial charge in [0, 0.05) is 12.7 Å². The van der Waals surface area contributed by atoms with Crippen LogP contribution in [-0.4, -0.2) is 16.6 Å². The number of hydrogen-bond donors (Lipinski definition) is 1. The molecule has 0 aromatic carbocycles. The fraction of sp³-hybridized carbons (Fsp3) is 0.667. The molecule has 0 saturated heterocycles. The summed E-state index contributed by atoms with van der Waals surface area (Å²) >= 11 is 0. The summed E-state index contributed by atoms with van der Waals surface area (Å²) in [5.74, 6) is 0.890. The topological polar surface area (TPSA) is 55.0 Å². The van der Waals surface area contributed by atoms with Crippen LogP contribution in [0, 0.1) is 0 Å². The molecule has 0 spiro atoms. The molecule has 0 aliphatic carbocycles. The van der Waals surface area contributed by atoms with Crippen molar-refractivity contribution < 1.29 is 4.74 Å². The van der Waals surface area contributed by atoms with E-state index in [-0.39, 0.29) is 17.6 Å². The lowest BCUT2D eigenvalue weighted by Gasteiger charge is -2.15. The van der Waals surface area contributed by atoms with Crippen molar-refractivity contribution in [1.29, 1.82) is 0 Å². The van der Waals surface area contributed by atoms with Gasteiger partial charge in [-0.3, -0.25) is 4.79 Å². The van der Waals surface area contributed by atoms with Crippen molar-refractivity contribution in [2.45, 2.75) is 46.1 Å². The largest absolute Gasteiger partial charge is 0.371 e. The van der Waals surface area contributed by atoms with Crippen molar-refractivity contribution in [2.24, 2.45) is 0 Å². The zero-order valence-electron chi connectivity index (χ0n) is 10.4. The highest BCUT2D eigenvalue weighted by Gasteiger charge is 2.14. The van der Waals surface area contributed by atoms with Gasteiger partial charge in [0.1, 0.15) is 11.9 Å². The number of ether oxygens (including phenoxy) is 1. The van der Waals surface area contributed by atoms with E-state index in [1.807, 2.05) is 27.7 Å². The molecule has 0 bridgehead atoms. The number of aromatic amines is 1. The number of aromatic nitrogens is 2. The summed E-state index contributed by atoms with van der Waals surface area (Å²) in [5, 5.41) is 0. The summed E-state index contributed by atoms with van der Waals surface area (Å²) in [6, 6.07) is 1.55. The third-order valence-electron chi connectivity index (χ3n) is 2.41. The van der Waals surface area contributed by atoms with Crippen LogP contribution in [0.2, 0.25) is 0 Å². The van der Waals surface area contributed by atoms with Crippen LogP contribution in [0.5, 0.6) is 0 Å². The molecule has 1 N–H and O–H groups in total. The maximum Gasteiger partial charge on any atom is 0.251 e. The Bertz CT molecular complexity index is 385.